The monoisotopic (exact) mass is 320 g/mol. The van der Waals surface area contributed by atoms with Gasteiger partial charge in [-0.2, -0.15) is 0 Å². The summed E-state index contributed by atoms with van der Waals surface area (Å²) in [6.07, 6.45) is 0. The van der Waals surface area contributed by atoms with Gasteiger partial charge in [0.2, 0.25) is 5.91 Å². The molecule has 2 N–H and O–H groups in total. The minimum atomic E-state index is -0.333. The third-order valence-electron chi connectivity index (χ3n) is 3.21. The molecule has 0 aromatic heterocycles. The fourth-order valence-electron chi connectivity index (χ4n) is 1.85. The highest BCUT2D eigenvalue weighted by molar-refractivity contribution is 6.31. The quantitative estimate of drug-likeness (QED) is 0.839. The van der Waals surface area contributed by atoms with E-state index in [2.05, 4.69) is 10.6 Å². The SMILES string of the molecule is CC(C)C(=O)Nc1ccc(NCc2c(F)cccc2Cl)cc1. The zero-order valence-corrected chi connectivity index (χ0v) is 13.2. The van der Waals surface area contributed by atoms with Crippen molar-refractivity contribution in [1.82, 2.24) is 0 Å². The molecule has 0 saturated heterocycles. The van der Waals surface area contributed by atoms with Crippen LogP contribution in [0.2, 0.25) is 5.02 Å². The molecule has 1 amide bonds. The van der Waals surface area contributed by atoms with Gasteiger partial charge < -0.3 is 10.6 Å². The standard InChI is InChI=1S/C17H18ClFN2O/c1-11(2)17(22)21-13-8-6-12(7-9-13)20-10-14-15(18)4-3-5-16(14)19/h3-9,11,20H,10H2,1-2H3,(H,21,22). The Morgan fingerprint density at radius 2 is 1.77 bits per heavy atom. The Hall–Kier alpha value is -2.07. The molecule has 2 aromatic carbocycles. The Kier molecular flexibility index (Phi) is 5.39. The van der Waals surface area contributed by atoms with Crippen molar-refractivity contribution in [2.45, 2.75) is 20.4 Å². The van der Waals surface area contributed by atoms with Crippen LogP contribution >= 0.6 is 11.6 Å². The Balaban J connectivity index is 1.98. The van der Waals surface area contributed by atoms with Crippen LogP contribution in [0, 0.1) is 11.7 Å². The van der Waals surface area contributed by atoms with E-state index in [-0.39, 0.29) is 17.6 Å². The Labute approximate surface area is 134 Å². The Bertz CT molecular complexity index is 636. The van der Waals surface area contributed by atoms with E-state index in [1.54, 1.807) is 24.3 Å². The number of carbonyl (C=O) groups excluding carboxylic acids is 1. The number of nitrogens with one attached hydrogen (secondary N) is 2. The highest BCUT2D eigenvalue weighted by Gasteiger charge is 2.08. The minimum Gasteiger partial charge on any atom is -0.381 e. The van der Waals surface area contributed by atoms with Crippen molar-refractivity contribution in [3.8, 4) is 0 Å². The molecule has 0 aliphatic carbocycles. The van der Waals surface area contributed by atoms with Crippen molar-refractivity contribution in [3.63, 3.8) is 0 Å². The van der Waals surface area contributed by atoms with Gasteiger partial charge in [-0.3, -0.25) is 4.79 Å². The first-order valence-corrected chi connectivity index (χ1v) is 7.43. The van der Waals surface area contributed by atoms with E-state index in [1.807, 2.05) is 26.0 Å². The van der Waals surface area contributed by atoms with Crippen LogP contribution in [-0.4, -0.2) is 5.91 Å². The third kappa shape index (κ3) is 4.21. The van der Waals surface area contributed by atoms with Crippen molar-refractivity contribution >= 4 is 28.9 Å². The van der Waals surface area contributed by atoms with Crippen LogP contribution < -0.4 is 10.6 Å². The molecule has 0 radical (unpaired) electrons. The molecule has 2 rings (SSSR count). The summed E-state index contributed by atoms with van der Waals surface area (Å²) < 4.78 is 13.7. The topological polar surface area (TPSA) is 41.1 Å². The molecular formula is C17H18ClFN2O. The number of benzene rings is 2. The van der Waals surface area contributed by atoms with E-state index in [0.717, 1.165) is 11.4 Å². The molecule has 0 aliphatic heterocycles. The van der Waals surface area contributed by atoms with Gasteiger partial charge in [0, 0.05) is 34.4 Å². The molecule has 2 aromatic rings. The second-order valence-corrected chi connectivity index (χ2v) is 5.68. The second-order valence-electron chi connectivity index (χ2n) is 5.28. The molecule has 0 fully saturated rings. The molecule has 5 heteroatoms. The number of amides is 1. The second kappa shape index (κ2) is 7.27. The molecule has 0 heterocycles. The first kappa shape index (κ1) is 16.3. The molecule has 116 valence electrons. The smallest absolute Gasteiger partial charge is 0.226 e. The lowest BCUT2D eigenvalue weighted by atomic mass is 10.2. The number of hydrogen-bond acceptors (Lipinski definition) is 2. The van der Waals surface area contributed by atoms with Crippen LogP contribution in [-0.2, 0) is 11.3 Å². The number of hydrogen-bond donors (Lipinski definition) is 2. The van der Waals surface area contributed by atoms with E-state index in [4.69, 9.17) is 11.6 Å². The molecule has 0 saturated carbocycles. The Morgan fingerprint density at radius 3 is 2.36 bits per heavy atom. The molecule has 0 aliphatic rings. The predicted octanol–water partition coefficient (Wildman–Crippen LogP) is 4.69. The molecule has 0 atom stereocenters. The first-order chi connectivity index (χ1) is 10.5. The molecule has 0 spiro atoms. The predicted molar refractivity (Wildman–Crippen MR) is 88.6 cm³/mol. The largest absolute Gasteiger partial charge is 0.381 e. The van der Waals surface area contributed by atoms with Gasteiger partial charge in [0.25, 0.3) is 0 Å². The van der Waals surface area contributed by atoms with Crippen LogP contribution in [0.3, 0.4) is 0 Å². The molecule has 0 unspecified atom stereocenters. The van der Waals surface area contributed by atoms with Crippen LogP contribution in [0.5, 0.6) is 0 Å². The van der Waals surface area contributed by atoms with E-state index in [1.165, 1.54) is 6.07 Å². The zero-order valence-electron chi connectivity index (χ0n) is 12.5. The van der Waals surface area contributed by atoms with Gasteiger partial charge >= 0.3 is 0 Å². The highest BCUT2D eigenvalue weighted by Crippen LogP contribution is 2.21. The molecule has 22 heavy (non-hydrogen) atoms. The van der Waals surface area contributed by atoms with Crippen molar-refractivity contribution in [2.24, 2.45) is 5.92 Å². The molecule has 3 nitrogen and oxygen atoms in total. The van der Waals surface area contributed by atoms with E-state index in [9.17, 15) is 9.18 Å². The van der Waals surface area contributed by atoms with E-state index in [0.29, 0.717) is 17.1 Å². The van der Waals surface area contributed by atoms with Gasteiger partial charge in [-0.1, -0.05) is 31.5 Å². The fourth-order valence-corrected chi connectivity index (χ4v) is 2.08. The van der Waals surface area contributed by atoms with Crippen molar-refractivity contribution in [1.29, 1.82) is 0 Å². The van der Waals surface area contributed by atoms with Crippen LogP contribution in [0.1, 0.15) is 19.4 Å². The average Bonchev–Trinajstić information content (AvgIpc) is 2.48. The average molecular weight is 321 g/mol. The lowest BCUT2D eigenvalue weighted by molar-refractivity contribution is -0.118. The Morgan fingerprint density at radius 1 is 1.14 bits per heavy atom. The number of carbonyl (C=O) groups is 1. The number of rotatable bonds is 5. The summed E-state index contributed by atoms with van der Waals surface area (Å²) in [5.74, 6) is -0.430. The maximum Gasteiger partial charge on any atom is 0.226 e. The van der Waals surface area contributed by atoms with Crippen LogP contribution in [0.25, 0.3) is 0 Å². The number of halogens is 2. The van der Waals surface area contributed by atoms with Crippen molar-refractivity contribution < 1.29 is 9.18 Å². The lowest BCUT2D eigenvalue weighted by Gasteiger charge is -2.11. The van der Waals surface area contributed by atoms with Gasteiger partial charge in [-0.15, -0.1) is 0 Å². The van der Waals surface area contributed by atoms with Crippen LogP contribution in [0.4, 0.5) is 15.8 Å². The highest BCUT2D eigenvalue weighted by atomic mass is 35.5. The minimum absolute atomic E-state index is 0.0288. The van der Waals surface area contributed by atoms with Gasteiger partial charge in [0.05, 0.1) is 0 Å². The summed E-state index contributed by atoms with van der Waals surface area (Å²) in [6, 6.07) is 11.9. The normalized spacial score (nSPS) is 10.6. The van der Waals surface area contributed by atoms with Crippen molar-refractivity contribution in [2.75, 3.05) is 10.6 Å². The lowest BCUT2D eigenvalue weighted by Crippen LogP contribution is -2.17. The van der Waals surface area contributed by atoms with Crippen LogP contribution in [0.15, 0.2) is 42.5 Å². The summed E-state index contributed by atoms with van der Waals surface area (Å²) in [5.41, 5.74) is 1.98. The van der Waals surface area contributed by atoms with Gasteiger partial charge in [0.15, 0.2) is 0 Å². The van der Waals surface area contributed by atoms with Crippen molar-refractivity contribution in [3.05, 3.63) is 58.9 Å². The summed E-state index contributed by atoms with van der Waals surface area (Å²) >= 11 is 5.98. The van der Waals surface area contributed by atoms with Gasteiger partial charge in [-0.25, -0.2) is 4.39 Å². The zero-order chi connectivity index (χ0) is 16.1. The first-order valence-electron chi connectivity index (χ1n) is 7.05. The molecular weight excluding hydrogens is 303 g/mol. The summed E-state index contributed by atoms with van der Waals surface area (Å²) in [7, 11) is 0. The summed E-state index contributed by atoms with van der Waals surface area (Å²) in [4.78, 5) is 11.6. The number of anilines is 2. The molecule has 0 bridgehead atoms. The van der Waals surface area contributed by atoms with E-state index >= 15 is 0 Å². The summed E-state index contributed by atoms with van der Waals surface area (Å²) in [6.45, 7) is 3.97. The fraction of sp³-hybridized carbons (Fsp3) is 0.235. The van der Waals surface area contributed by atoms with E-state index < -0.39 is 0 Å². The van der Waals surface area contributed by atoms with Gasteiger partial charge in [-0.05, 0) is 36.4 Å². The van der Waals surface area contributed by atoms with Gasteiger partial charge in [0.1, 0.15) is 5.82 Å². The summed E-state index contributed by atoms with van der Waals surface area (Å²) in [5, 5.41) is 6.32. The maximum atomic E-state index is 13.7. The third-order valence-corrected chi connectivity index (χ3v) is 3.56. The maximum absolute atomic E-state index is 13.7.